The average Bonchev–Trinajstić information content (AvgIpc) is 2.08. The molecule has 0 aliphatic heterocycles. The molecule has 0 atom stereocenters. The van der Waals surface area contributed by atoms with Crippen LogP contribution in [0.2, 0.25) is 10.0 Å². The first-order valence-electron chi connectivity index (χ1n) is 3.07. The van der Waals surface area contributed by atoms with Crippen molar-refractivity contribution in [3.05, 3.63) is 31.7 Å². The molecule has 1 rings (SSSR count). The summed E-state index contributed by atoms with van der Waals surface area (Å²) < 4.78 is 0.657. The van der Waals surface area contributed by atoms with Crippen LogP contribution in [-0.2, 0) is 0 Å². The maximum Gasteiger partial charge on any atom is 0.0738 e. The van der Waals surface area contributed by atoms with Crippen LogP contribution in [0.3, 0.4) is 0 Å². The molecule has 0 N–H and O–H groups in total. The maximum absolute atomic E-state index is 8.56. The molecule has 0 spiro atoms. The molecule has 0 amide bonds. The van der Waals surface area contributed by atoms with E-state index in [1.165, 1.54) is 6.07 Å². The second-order valence-electron chi connectivity index (χ2n) is 2.23. The largest absolute Gasteiger partial charge is 0.706 e. The minimum atomic E-state index is 0.363. The van der Waals surface area contributed by atoms with Gasteiger partial charge in [0.05, 0.1) is 10.0 Å². The Morgan fingerprint density at radius 2 is 2.08 bits per heavy atom. The molecule has 0 aliphatic carbocycles. The van der Waals surface area contributed by atoms with E-state index in [2.05, 4.69) is 21.0 Å². The summed E-state index contributed by atoms with van der Waals surface area (Å²) in [5, 5.41) is 3.85. The number of rotatable bonds is 1. The van der Waals surface area contributed by atoms with Crippen LogP contribution in [-0.4, -0.2) is 0 Å². The summed E-state index contributed by atoms with van der Waals surface area (Å²) in [7, 11) is 0. The van der Waals surface area contributed by atoms with E-state index < -0.39 is 0 Å². The highest BCUT2D eigenvalue weighted by Gasteiger charge is 2.08. The van der Waals surface area contributed by atoms with E-state index in [4.69, 9.17) is 28.7 Å². The van der Waals surface area contributed by atoms with Gasteiger partial charge in [-0.1, -0.05) is 23.2 Å². The van der Waals surface area contributed by atoms with Gasteiger partial charge in [-0.3, -0.25) is 0 Å². The van der Waals surface area contributed by atoms with Crippen molar-refractivity contribution in [1.29, 1.82) is 0 Å². The van der Waals surface area contributed by atoms with Crippen LogP contribution in [0.15, 0.2) is 15.7 Å². The molecule has 0 saturated carbocycles. The lowest BCUT2D eigenvalue weighted by molar-refractivity contribution is 1.36. The van der Waals surface area contributed by atoms with Gasteiger partial charge in [-0.2, -0.15) is 0 Å². The van der Waals surface area contributed by atoms with Crippen molar-refractivity contribution in [3.63, 3.8) is 0 Å². The second kappa shape index (κ2) is 3.73. The SMILES string of the molecule is Cc1c(N=[N-])cc(Cl)c(Cl)c1Br. The standard InChI is InChI=1S/C7H4BrCl2N2/c1-3-5(12-11)2-4(9)7(10)6(3)8/h2H,1H3/q-1. The van der Waals surface area contributed by atoms with E-state index in [-0.39, 0.29) is 0 Å². The molecular formula is C7H4BrCl2N2-. The van der Waals surface area contributed by atoms with E-state index in [0.29, 0.717) is 20.2 Å². The van der Waals surface area contributed by atoms with Gasteiger partial charge in [-0.15, -0.1) is 0 Å². The number of benzene rings is 1. The van der Waals surface area contributed by atoms with Crippen molar-refractivity contribution in [2.24, 2.45) is 5.11 Å². The Morgan fingerprint density at radius 3 is 2.58 bits per heavy atom. The third kappa shape index (κ3) is 1.63. The molecule has 64 valence electrons. The average molecular weight is 267 g/mol. The summed E-state index contributed by atoms with van der Waals surface area (Å²) in [6.45, 7) is 1.78. The van der Waals surface area contributed by atoms with Crippen LogP contribution in [0.4, 0.5) is 5.69 Å². The van der Waals surface area contributed by atoms with Gasteiger partial charge >= 0.3 is 0 Å². The number of hydrogen-bond donors (Lipinski definition) is 0. The first-order valence-corrected chi connectivity index (χ1v) is 4.62. The molecule has 1 aromatic carbocycles. The molecular weight excluding hydrogens is 263 g/mol. The molecule has 0 aromatic heterocycles. The van der Waals surface area contributed by atoms with Gasteiger partial charge < -0.3 is 10.6 Å². The lowest BCUT2D eigenvalue weighted by Crippen LogP contribution is -1.79. The molecule has 0 bridgehead atoms. The van der Waals surface area contributed by atoms with E-state index in [1.807, 2.05) is 0 Å². The van der Waals surface area contributed by atoms with Gasteiger partial charge in [0.2, 0.25) is 0 Å². The van der Waals surface area contributed by atoms with E-state index >= 15 is 0 Å². The Kier molecular flexibility index (Phi) is 3.09. The van der Waals surface area contributed by atoms with Crippen LogP contribution >= 0.6 is 39.1 Å². The fourth-order valence-corrected chi connectivity index (χ4v) is 1.70. The summed E-state index contributed by atoms with van der Waals surface area (Å²) in [6, 6.07) is 1.50. The quantitative estimate of drug-likeness (QED) is 0.521. The highest BCUT2D eigenvalue weighted by atomic mass is 79.9. The van der Waals surface area contributed by atoms with E-state index in [9.17, 15) is 0 Å². The van der Waals surface area contributed by atoms with Crippen molar-refractivity contribution in [1.82, 2.24) is 0 Å². The van der Waals surface area contributed by atoms with Crippen LogP contribution in [0.5, 0.6) is 0 Å². The third-order valence-corrected chi connectivity index (χ3v) is 3.49. The zero-order valence-electron chi connectivity index (χ0n) is 6.11. The van der Waals surface area contributed by atoms with Gasteiger partial charge in [-0.25, -0.2) is 0 Å². The van der Waals surface area contributed by atoms with Crippen molar-refractivity contribution in [2.45, 2.75) is 6.92 Å². The van der Waals surface area contributed by atoms with Crippen molar-refractivity contribution >= 4 is 44.8 Å². The van der Waals surface area contributed by atoms with E-state index in [0.717, 1.165) is 5.56 Å². The first-order chi connectivity index (χ1) is 5.57. The topological polar surface area (TPSA) is 34.7 Å². The molecule has 0 unspecified atom stereocenters. The molecule has 5 heteroatoms. The summed E-state index contributed by atoms with van der Waals surface area (Å²) in [5.41, 5.74) is 9.73. The molecule has 0 fully saturated rings. The zero-order chi connectivity index (χ0) is 9.30. The van der Waals surface area contributed by atoms with Crippen molar-refractivity contribution in [3.8, 4) is 0 Å². The van der Waals surface area contributed by atoms with Crippen molar-refractivity contribution in [2.75, 3.05) is 0 Å². The minimum absolute atomic E-state index is 0.363. The summed E-state index contributed by atoms with van der Waals surface area (Å²) in [5.74, 6) is 0. The minimum Gasteiger partial charge on any atom is -0.706 e. The number of halogens is 3. The van der Waals surface area contributed by atoms with Gasteiger partial charge in [0.1, 0.15) is 0 Å². The van der Waals surface area contributed by atoms with Crippen molar-refractivity contribution < 1.29 is 0 Å². The number of hydrogen-bond acceptors (Lipinski definition) is 1. The Morgan fingerprint density at radius 1 is 1.50 bits per heavy atom. The lowest BCUT2D eigenvalue weighted by atomic mass is 10.2. The predicted molar refractivity (Wildman–Crippen MR) is 54.3 cm³/mol. The smallest absolute Gasteiger partial charge is 0.0738 e. The fourth-order valence-electron chi connectivity index (χ4n) is 0.777. The molecule has 0 radical (unpaired) electrons. The number of nitrogens with zero attached hydrogens (tertiary/aromatic N) is 2. The summed E-state index contributed by atoms with van der Waals surface area (Å²) in [6.07, 6.45) is 0. The highest BCUT2D eigenvalue weighted by molar-refractivity contribution is 9.10. The zero-order valence-corrected chi connectivity index (χ0v) is 9.20. The van der Waals surface area contributed by atoms with Crippen LogP contribution in [0.1, 0.15) is 5.56 Å². The van der Waals surface area contributed by atoms with Gasteiger partial charge in [0, 0.05) is 10.2 Å². The fraction of sp³-hybridized carbons (Fsp3) is 0.143. The Balaban J connectivity index is 3.49. The summed E-state index contributed by atoms with van der Waals surface area (Å²) in [4.78, 5) is 0. The maximum atomic E-state index is 8.56. The molecule has 0 heterocycles. The van der Waals surface area contributed by atoms with Gasteiger partial charge in [-0.05, 0) is 34.5 Å². The van der Waals surface area contributed by atoms with E-state index in [1.54, 1.807) is 6.92 Å². The summed E-state index contributed by atoms with van der Waals surface area (Å²) >= 11 is 14.8. The predicted octanol–water partition coefficient (Wildman–Crippen LogP) is 4.72. The normalized spacial score (nSPS) is 10.0. The second-order valence-corrected chi connectivity index (χ2v) is 3.81. The molecule has 0 aliphatic rings. The molecule has 2 nitrogen and oxygen atoms in total. The first kappa shape index (κ1) is 9.96. The Hall–Kier alpha value is -0.120. The van der Waals surface area contributed by atoms with Crippen LogP contribution in [0, 0.1) is 6.92 Å². The van der Waals surface area contributed by atoms with Gasteiger partial charge in [0.25, 0.3) is 0 Å². The molecule has 0 saturated heterocycles. The van der Waals surface area contributed by atoms with Crippen LogP contribution < -0.4 is 0 Å². The van der Waals surface area contributed by atoms with Gasteiger partial charge in [0.15, 0.2) is 0 Å². The lowest BCUT2D eigenvalue weighted by Gasteiger charge is -2.08. The third-order valence-electron chi connectivity index (χ3n) is 1.49. The highest BCUT2D eigenvalue weighted by Crippen LogP contribution is 2.38. The Labute approximate surface area is 88.5 Å². The molecule has 1 aromatic rings. The Bertz CT molecular complexity index is 339. The monoisotopic (exact) mass is 265 g/mol. The van der Waals surface area contributed by atoms with Crippen LogP contribution in [0.25, 0.3) is 5.53 Å². The molecule has 12 heavy (non-hydrogen) atoms.